The predicted octanol–water partition coefficient (Wildman–Crippen LogP) is 19.2. The number of rotatable bonds is 42. The molecule has 0 unspecified atom stereocenters. The van der Waals surface area contributed by atoms with Crippen molar-refractivity contribution < 1.29 is 0 Å². The van der Waals surface area contributed by atoms with Crippen LogP contribution in [0.1, 0.15) is 243 Å². The average Bonchev–Trinajstić information content (AvgIpc) is 3.21. The standard InChI is InChI=1S/C54H96Si/c1-3-5-7-9-11-13-15-17-19-21-23-25-27-29-31-39-49-55(51-41-47-53-43-35-33-36-44-53,52-42-48-54-45-37-34-38-46-54)50-40-32-30-28-26-24-22-20-18-16-14-12-10-8-6-4-2/h33-38,43-46H,3-32,39-42,47-52H2,1-2H3. The van der Waals surface area contributed by atoms with Crippen LogP contribution in [0, 0.1) is 0 Å². The Balaban J connectivity index is 1.73. The molecule has 2 aromatic carbocycles. The smallest absolute Gasteiger partial charge is 0.0536 e. The highest BCUT2D eigenvalue weighted by Crippen LogP contribution is 2.35. The zero-order valence-electron chi connectivity index (χ0n) is 37.6. The van der Waals surface area contributed by atoms with E-state index < -0.39 is 8.07 Å². The largest absolute Gasteiger partial charge is 0.0654 e. The van der Waals surface area contributed by atoms with Crippen molar-refractivity contribution in [1.29, 1.82) is 0 Å². The van der Waals surface area contributed by atoms with Gasteiger partial charge in [-0.2, -0.15) is 0 Å². The van der Waals surface area contributed by atoms with Gasteiger partial charge in [0.1, 0.15) is 0 Å². The van der Waals surface area contributed by atoms with Gasteiger partial charge in [-0.15, -0.1) is 0 Å². The maximum Gasteiger partial charge on any atom is 0.0536 e. The van der Waals surface area contributed by atoms with E-state index in [1.807, 2.05) is 0 Å². The molecule has 2 aromatic rings. The van der Waals surface area contributed by atoms with Crippen molar-refractivity contribution >= 4 is 8.07 Å². The fraction of sp³-hybridized carbons (Fsp3) is 0.778. The maximum absolute atomic E-state index is 2.36. The Morgan fingerprint density at radius 3 is 0.727 bits per heavy atom. The second kappa shape index (κ2) is 38.2. The molecule has 0 aliphatic carbocycles. The molecule has 55 heavy (non-hydrogen) atoms. The Bertz CT molecular complexity index is 931. The normalized spacial score (nSPS) is 11.8. The van der Waals surface area contributed by atoms with Crippen molar-refractivity contribution in [3.05, 3.63) is 71.8 Å². The quantitative estimate of drug-likeness (QED) is 0.0466. The zero-order chi connectivity index (χ0) is 39.0. The first kappa shape index (κ1) is 49.8. The maximum atomic E-state index is 2.36. The third-order valence-electron chi connectivity index (χ3n) is 13.2. The van der Waals surface area contributed by atoms with Gasteiger partial charge in [-0.25, -0.2) is 0 Å². The van der Waals surface area contributed by atoms with Crippen LogP contribution in [0.15, 0.2) is 60.7 Å². The molecule has 0 N–H and O–H groups in total. The van der Waals surface area contributed by atoms with Crippen LogP contribution in [-0.2, 0) is 12.8 Å². The van der Waals surface area contributed by atoms with Crippen LogP contribution in [0.5, 0.6) is 0 Å². The van der Waals surface area contributed by atoms with E-state index in [0.29, 0.717) is 0 Å². The summed E-state index contributed by atoms with van der Waals surface area (Å²) in [5.74, 6) is 0. The molecular weight excluding hydrogens is 677 g/mol. The molecule has 0 nitrogen and oxygen atoms in total. The lowest BCUT2D eigenvalue weighted by atomic mass is 10.0. The molecule has 1 heteroatoms. The molecule has 0 aliphatic heterocycles. The zero-order valence-corrected chi connectivity index (χ0v) is 38.6. The fourth-order valence-electron chi connectivity index (χ4n) is 9.47. The summed E-state index contributed by atoms with van der Waals surface area (Å²) < 4.78 is 0. The Kier molecular flexibility index (Phi) is 34.6. The van der Waals surface area contributed by atoms with Gasteiger partial charge in [0, 0.05) is 0 Å². The number of unbranched alkanes of at least 4 members (excludes halogenated alkanes) is 30. The molecular formula is C54H96Si. The van der Waals surface area contributed by atoms with Crippen molar-refractivity contribution in [1.82, 2.24) is 0 Å². The highest BCUT2D eigenvalue weighted by Gasteiger charge is 2.30. The number of aryl methyl sites for hydroxylation is 2. The molecule has 0 aromatic heterocycles. The Labute approximate surface area is 347 Å². The summed E-state index contributed by atoms with van der Waals surface area (Å²) in [7, 11) is -1.32. The second-order valence-electron chi connectivity index (χ2n) is 18.3. The summed E-state index contributed by atoms with van der Waals surface area (Å²) in [5, 5.41) is 0. The predicted molar refractivity (Wildman–Crippen MR) is 254 cm³/mol. The van der Waals surface area contributed by atoms with E-state index in [2.05, 4.69) is 74.5 Å². The van der Waals surface area contributed by atoms with E-state index in [9.17, 15) is 0 Å². The number of hydrogen-bond donors (Lipinski definition) is 0. The molecule has 2 rings (SSSR count). The summed E-state index contributed by atoms with van der Waals surface area (Å²) in [4.78, 5) is 0. The van der Waals surface area contributed by atoms with Crippen molar-refractivity contribution in [2.75, 3.05) is 0 Å². The second-order valence-corrected chi connectivity index (χ2v) is 23.3. The molecule has 0 saturated carbocycles. The van der Waals surface area contributed by atoms with Gasteiger partial charge in [-0.05, 0) is 24.0 Å². The molecule has 0 atom stereocenters. The Morgan fingerprint density at radius 2 is 0.473 bits per heavy atom. The fourth-order valence-corrected chi connectivity index (χ4v) is 14.8. The van der Waals surface area contributed by atoms with Crippen LogP contribution in [0.25, 0.3) is 0 Å². The van der Waals surface area contributed by atoms with Crippen LogP contribution in [0.2, 0.25) is 24.2 Å². The molecule has 0 amide bonds. The van der Waals surface area contributed by atoms with Gasteiger partial charge in [0.05, 0.1) is 8.07 Å². The summed E-state index contributed by atoms with van der Waals surface area (Å²) in [5.41, 5.74) is 3.11. The summed E-state index contributed by atoms with van der Waals surface area (Å²) in [6.45, 7) is 4.64. The van der Waals surface area contributed by atoms with Crippen LogP contribution >= 0.6 is 0 Å². The van der Waals surface area contributed by atoms with E-state index in [1.165, 1.54) is 231 Å². The Morgan fingerprint density at radius 1 is 0.255 bits per heavy atom. The topological polar surface area (TPSA) is 0 Å². The van der Waals surface area contributed by atoms with Crippen molar-refractivity contribution in [3.8, 4) is 0 Å². The van der Waals surface area contributed by atoms with Crippen molar-refractivity contribution in [2.24, 2.45) is 0 Å². The number of hydrogen-bond acceptors (Lipinski definition) is 0. The van der Waals surface area contributed by atoms with E-state index in [0.717, 1.165) is 0 Å². The minimum Gasteiger partial charge on any atom is -0.0654 e. The molecule has 0 saturated heterocycles. The lowest BCUT2D eigenvalue weighted by molar-refractivity contribution is 0.530. The van der Waals surface area contributed by atoms with Gasteiger partial charge in [0.15, 0.2) is 0 Å². The first-order valence-corrected chi connectivity index (χ1v) is 28.2. The van der Waals surface area contributed by atoms with Crippen molar-refractivity contribution in [3.63, 3.8) is 0 Å². The highest BCUT2D eigenvalue weighted by atomic mass is 28.3. The van der Waals surface area contributed by atoms with E-state index in [-0.39, 0.29) is 0 Å². The minimum atomic E-state index is -1.32. The van der Waals surface area contributed by atoms with Crippen LogP contribution < -0.4 is 0 Å². The first-order chi connectivity index (χ1) is 27.3. The van der Waals surface area contributed by atoms with Gasteiger partial charge in [0.25, 0.3) is 0 Å². The molecule has 0 heterocycles. The average molecular weight is 773 g/mol. The van der Waals surface area contributed by atoms with Crippen molar-refractivity contribution in [2.45, 2.75) is 269 Å². The molecule has 0 fully saturated rings. The van der Waals surface area contributed by atoms with Gasteiger partial charge in [0.2, 0.25) is 0 Å². The van der Waals surface area contributed by atoms with Crippen LogP contribution in [-0.4, -0.2) is 8.07 Å². The highest BCUT2D eigenvalue weighted by molar-refractivity contribution is 6.79. The van der Waals surface area contributed by atoms with E-state index >= 15 is 0 Å². The minimum absolute atomic E-state index is 1.28. The molecule has 316 valence electrons. The lowest BCUT2D eigenvalue weighted by Crippen LogP contribution is -2.34. The monoisotopic (exact) mass is 773 g/mol. The SMILES string of the molecule is CCCCCCCCCCCCCCCCCC[Si](CCCCCCCCCCCCCCCCCC)(CCCc1ccccc1)CCCc1ccccc1. The summed E-state index contributed by atoms with van der Waals surface area (Å²) in [6.07, 6.45) is 52.5. The molecule has 0 radical (unpaired) electrons. The van der Waals surface area contributed by atoms with Gasteiger partial charge in [-0.1, -0.05) is 317 Å². The summed E-state index contributed by atoms with van der Waals surface area (Å²) >= 11 is 0. The van der Waals surface area contributed by atoms with Crippen LogP contribution in [0.4, 0.5) is 0 Å². The summed E-state index contributed by atoms with van der Waals surface area (Å²) in [6, 6.07) is 29.1. The van der Waals surface area contributed by atoms with Gasteiger partial charge >= 0.3 is 0 Å². The molecule has 0 aliphatic rings. The third kappa shape index (κ3) is 30.4. The lowest BCUT2D eigenvalue weighted by Gasteiger charge is -2.33. The molecule has 0 spiro atoms. The third-order valence-corrected chi connectivity index (χ3v) is 18.8. The first-order valence-electron chi connectivity index (χ1n) is 25.4. The van der Waals surface area contributed by atoms with Crippen LogP contribution in [0.3, 0.4) is 0 Å². The van der Waals surface area contributed by atoms with Gasteiger partial charge in [-0.3, -0.25) is 0 Å². The Hall–Kier alpha value is -1.34. The van der Waals surface area contributed by atoms with Gasteiger partial charge < -0.3 is 0 Å². The number of benzene rings is 2. The van der Waals surface area contributed by atoms with E-state index in [4.69, 9.17) is 0 Å². The molecule has 0 bridgehead atoms. The van der Waals surface area contributed by atoms with E-state index in [1.54, 1.807) is 35.3 Å².